The maximum absolute atomic E-state index is 4.53. The molecule has 1 saturated heterocycles. The maximum Gasteiger partial charge on any atom is 0.0965 e. The van der Waals surface area contributed by atoms with Crippen LogP contribution in [0, 0.1) is 0 Å². The van der Waals surface area contributed by atoms with Crippen LogP contribution in [0.3, 0.4) is 0 Å². The smallest absolute Gasteiger partial charge is 0.0965 e. The largest absolute Gasteiger partial charge is 0.310 e. The van der Waals surface area contributed by atoms with Gasteiger partial charge in [0.1, 0.15) is 0 Å². The summed E-state index contributed by atoms with van der Waals surface area (Å²) in [6.07, 6.45) is 4.55. The standard InChI is InChI=1S/C13H20N2S/c1-13(2,3)16-12-7-6-10(9-15-12)11-5-4-8-14-11/h6-7,9,11,14H,4-5,8H2,1-3H3/t11-/m1/s1. The summed E-state index contributed by atoms with van der Waals surface area (Å²) in [5, 5.41) is 4.61. The molecule has 0 aromatic carbocycles. The minimum absolute atomic E-state index is 0.236. The molecule has 0 aliphatic carbocycles. The summed E-state index contributed by atoms with van der Waals surface area (Å²) in [5.41, 5.74) is 1.33. The summed E-state index contributed by atoms with van der Waals surface area (Å²) in [6.45, 7) is 7.78. The normalized spacial score (nSPS) is 21.3. The first-order chi connectivity index (χ1) is 7.54. The van der Waals surface area contributed by atoms with Crippen LogP contribution >= 0.6 is 11.8 Å². The molecule has 0 radical (unpaired) electrons. The highest BCUT2D eigenvalue weighted by Gasteiger charge is 2.17. The lowest BCUT2D eigenvalue weighted by atomic mass is 10.1. The molecule has 2 rings (SSSR count). The zero-order chi connectivity index (χ0) is 11.6. The van der Waals surface area contributed by atoms with E-state index in [9.17, 15) is 0 Å². The van der Waals surface area contributed by atoms with Crippen LogP contribution < -0.4 is 5.32 Å². The van der Waals surface area contributed by atoms with E-state index in [4.69, 9.17) is 0 Å². The third-order valence-corrected chi connectivity index (χ3v) is 3.70. The zero-order valence-corrected chi connectivity index (χ0v) is 11.1. The Balaban J connectivity index is 2.04. The fraction of sp³-hybridized carbons (Fsp3) is 0.615. The van der Waals surface area contributed by atoms with Crippen LogP contribution in [0.1, 0.15) is 45.2 Å². The van der Waals surface area contributed by atoms with Crippen molar-refractivity contribution in [2.75, 3.05) is 6.54 Å². The van der Waals surface area contributed by atoms with E-state index in [1.165, 1.54) is 18.4 Å². The monoisotopic (exact) mass is 236 g/mol. The first-order valence-electron chi connectivity index (χ1n) is 5.93. The number of nitrogens with one attached hydrogen (secondary N) is 1. The Kier molecular flexibility index (Phi) is 3.55. The molecule has 0 saturated carbocycles. The van der Waals surface area contributed by atoms with Gasteiger partial charge in [0.25, 0.3) is 0 Å². The Bertz CT molecular complexity index is 334. The molecule has 1 fully saturated rings. The molecule has 0 spiro atoms. The molecule has 0 bridgehead atoms. The summed E-state index contributed by atoms with van der Waals surface area (Å²) >= 11 is 1.82. The van der Waals surface area contributed by atoms with Crippen molar-refractivity contribution in [2.45, 2.75) is 49.4 Å². The highest BCUT2D eigenvalue weighted by molar-refractivity contribution is 8.00. The van der Waals surface area contributed by atoms with Crippen molar-refractivity contribution in [1.29, 1.82) is 0 Å². The third kappa shape index (κ3) is 3.22. The number of pyridine rings is 1. The first-order valence-corrected chi connectivity index (χ1v) is 6.75. The van der Waals surface area contributed by atoms with Gasteiger partial charge in [0, 0.05) is 17.0 Å². The van der Waals surface area contributed by atoms with E-state index in [-0.39, 0.29) is 4.75 Å². The second kappa shape index (κ2) is 4.76. The molecular formula is C13H20N2S. The van der Waals surface area contributed by atoms with E-state index in [0.717, 1.165) is 11.6 Å². The second-order valence-electron chi connectivity index (χ2n) is 5.29. The second-order valence-corrected chi connectivity index (χ2v) is 7.14. The molecule has 88 valence electrons. The average molecular weight is 236 g/mol. The topological polar surface area (TPSA) is 24.9 Å². The van der Waals surface area contributed by atoms with Gasteiger partial charge in [-0.15, -0.1) is 11.8 Å². The molecule has 1 aromatic rings. The van der Waals surface area contributed by atoms with Crippen LogP contribution in [0.25, 0.3) is 0 Å². The number of nitrogens with zero attached hydrogens (tertiary/aromatic N) is 1. The lowest BCUT2D eigenvalue weighted by Gasteiger charge is -2.17. The number of hydrogen-bond acceptors (Lipinski definition) is 3. The van der Waals surface area contributed by atoms with Gasteiger partial charge >= 0.3 is 0 Å². The lowest BCUT2D eigenvalue weighted by Crippen LogP contribution is -2.13. The zero-order valence-electron chi connectivity index (χ0n) is 10.3. The number of rotatable bonds is 2. The predicted octanol–water partition coefficient (Wildman–Crippen LogP) is 3.40. The highest BCUT2D eigenvalue weighted by atomic mass is 32.2. The van der Waals surface area contributed by atoms with Gasteiger partial charge in [-0.1, -0.05) is 26.8 Å². The maximum atomic E-state index is 4.53. The van der Waals surface area contributed by atoms with Crippen LogP contribution in [0.4, 0.5) is 0 Å². The fourth-order valence-electron chi connectivity index (χ4n) is 1.94. The van der Waals surface area contributed by atoms with Gasteiger partial charge in [0.05, 0.1) is 5.03 Å². The minimum atomic E-state index is 0.236. The SMILES string of the molecule is CC(C)(C)Sc1ccc([C@H]2CCCN2)cn1. The number of thioether (sulfide) groups is 1. The molecule has 3 heteroatoms. The number of hydrogen-bond donors (Lipinski definition) is 1. The summed E-state index contributed by atoms with van der Waals surface area (Å²) in [6, 6.07) is 4.89. The number of aromatic nitrogens is 1. The van der Waals surface area contributed by atoms with Gasteiger partial charge in [-0.05, 0) is 31.0 Å². The van der Waals surface area contributed by atoms with E-state index in [2.05, 4.69) is 43.2 Å². The molecule has 16 heavy (non-hydrogen) atoms. The van der Waals surface area contributed by atoms with Crippen molar-refractivity contribution < 1.29 is 0 Å². The van der Waals surface area contributed by atoms with E-state index in [0.29, 0.717) is 6.04 Å². The van der Waals surface area contributed by atoms with Crippen LogP contribution in [-0.2, 0) is 0 Å². The van der Waals surface area contributed by atoms with Gasteiger partial charge in [-0.2, -0.15) is 0 Å². The van der Waals surface area contributed by atoms with E-state index in [1.807, 2.05) is 18.0 Å². The van der Waals surface area contributed by atoms with Crippen LogP contribution in [-0.4, -0.2) is 16.3 Å². The van der Waals surface area contributed by atoms with Crippen LogP contribution in [0.2, 0.25) is 0 Å². The molecule has 1 N–H and O–H groups in total. The summed E-state index contributed by atoms with van der Waals surface area (Å²) in [5.74, 6) is 0. The Morgan fingerprint density at radius 1 is 1.38 bits per heavy atom. The van der Waals surface area contributed by atoms with Crippen molar-refractivity contribution in [3.63, 3.8) is 0 Å². The van der Waals surface area contributed by atoms with Crippen LogP contribution in [0.15, 0.2) is 23.4 Å². The fourth-order valence-corrected chi connectivity index (χ4v) is 2.81. The molecule has 0 amide bonds. The van der Waals surface area contributed by atoms with E-state index >= 15 is 0 Å². The minimum Gasteiger partial charge on any atom is -0.310 e. The Morgan fingerprint density at radius 2 is 2.19 bits per heavy atom. The van der Waals surface area contributed by atoms with Gasteiger partial charge in [-0.25, -0.2) is 4.98 Å². The van der Waals surface area contributed by atoms with Crippen molar-refractivity contribution in [1.82, 2.24) is 10.3 Å². The molecule has 1 aliphatic rings. The average Bonchev–Trinajstić information content (AvgIpc) is 2.69. The third-order valence-electron chi connectivity index (χ3n) is 2.63. The van der Waals surface area contributed by atoms with Crippen molar-refractivity contribution in [3.05, 3.63) is 23.9 Å². The van der Waals surface area contributed by atoms with Gasteiger partial charge in [0.15, 0.2) is 0 Å². The summed E-state index contributed by atoms with van der Waals surface area (Å²) in [4.78, 5) is 4.53. The van der Waals surface area contributed by atoms with Crippen molar-refractivity contribution >= 4 is 11.8 Å². The molecule has 2 heterocycles. The van der Waals surface area contributed by atoms with E-state index in [1.54, 1.807) is 0 Å². The summed E-state index contributed by atoms with van der Waals surface area (Å²) < 4.78 is 0.236. The highest BCUT2D eigenvalue weighted by Crippen LogP contribution is 2.31. The Morgan fingerprint density at radius 3 is 2.69 bits per heavy atom. The quantitative estimate of drug-likeness (QED) is 0.797. The molecule has 2 nitrogen and oxygen atoms in total. The molecule has 1 aromatic heterocycles. The lowest BCUT2D eigenvalue weighted by molar-refractivity contribution is 0.643. The molecule has 1 aliphatic heterocycles. The summed E-state index contributed by atoms with van der Waals surface area (Å²) in [7, 11) is 0. The van der Waals surface area contributed by atoms with Crippen LogP contribution in [0.5, 0.6) is 0 Å². The van der Waals surface area contributed by atoms with Gasteiger partial charge in [0.2, 0.25) is 0 Å². The van der Waals surface area contributed by atoms with Crippen molar-refractivity contribution in [3.8, 4) is 0 Å². The van der Waals surface area contributed by atoms with E-state index < -0.39 is 0 Å². The predicted molar refractivity (Wildman–Crippen MR) is 69.8 cm³/mol. The molecule has 0 unspecified atom stereocenters. The molecule has 1 atom stereocenters. The van der Waals surface area contributed by atoms with Gasteiger partial charge in [-0.3, -0.25) is 0 Å². The Hall–Kier alpha value is -0.540. The molecular weight excluding hydrogens is 216 g/mol. The van der Waals surface area contributed by atoms with Gasteiger partial charge < -0.3 is 5.32 Å². The Labute approximate surface area is 102 Å². The van der Waals surface area contributed by atoms with Crippen molar-refractivity contribution in [2.24, 2.45) is 0 Å². The first kappa shape index (κ1) is 11.9.